The Morgan fingerprint density at radius 1 is 0.825 bits per heavy atom. The first-order valence-corrected chi connectivity index (χ1v) is 12.9. The fourth-order valence-corrected chi connectivity index (χ4v) is 3.92. The van der Waals surface area contributed by atoms with Gasteiger partial charge in [0.1, 0.15) is 11.5 Å². The highest BCUT2D eigenvalue weighted by molar-refractivity contribution is 5.91. The van der Waals surface area contributed by atoms with E-state index in [9.17, 15) is 14.4 Å². The van der Waals surface area contributed by atoms with Crippen LogP contribution < -0.4 is 19.8 Å². The minimum atomic E-state index is -0.519. The van der Waals surface area contributed by atoms with Crippen LogP contribution in [0.3, 0.4) is 0 Å². The molecule has 0 aliphatic heterocycles. The van der Waals surface area contributed by atoms with E-state index in [1.165, 1.54) is 36.2 Å². The third-order valence-electron chi connectivity index (χ3n) is 6.18. The number of benzene rings is 2. The van der Waals surface area contributed by atoms with Crippen molar-refractivity contribution in [3.05, 3.63) is 130 Å². The Labute approximate surface area is 232 Å². The van der Waals surface area contributed by atoms with Gasteiger partial charge in [-0.05, 0) is 73.2 Å². The van der Waals surface area contributed by atoms with Crippen LogP contribution in [0, 0.1) is 0 Å². The summed E-state index contributed by atoms with van der Waals surface area (Å²) in [6.45, 7) is 4.19. The SMILES string of the molecule is C=CCCCn1cc(C(=O)Oc2ccc(CCc3ccc(OC(=O)c4ccc(OC)nc4)cc3)cc2)ccc1=O. The lowest BCUT2D eigenvalue weighted by atomic mass is 10.0. The minimum absolute atomic E-state index is 0.160. The molecular formula is C32H30N2O6. The smallest absolute Gasteiger partial charge is 0.345 e. The first-order valence-electron chi connectivity index (χ1n) is 12.9. The van der Waals surface area contributed by atoms with Gasteiger partial charge < -0.3 is 18.8 Å². The van der Waals surface area contributed by atoms with Gasteiger partial charge in [-0.3, -0.25) is 4.79 Å². The lowest BCUT2D eigenvalue weighted by Gasteiger charge is -2.09. The number of hydrogen-bond donors (Lipinski definition) is 0. The number of aryl methyl sites for hydroxylation is 3. The van der Waals surface area contributed by atoms with Gasteiger partial charge in [0.05, 0.1) is 18.2 Å². The molecule has 0 fully saturated rings. The van der Waals surface area contributed by atoms with E-state index in [1.54, 1.807) is 42.5 Å². The molecule has 0 N–H and O–H groups in total. The standard InChI is InChI=1S/C32H30N2O6/c1-3-4-5-20-34-22-26(13-19-30(34)35)32(37)40-28-16-10-24(11-17-28)7-6-23-8-14-27(15-9-23)39-31(36)25-12-18-29(38-2)33-21-25/h3,8-19,21-22H,1,4-7,20H2,2H3. The van der Waals surface area contributed by atoms with Gasteiger partial charge in [-0.25, -0.2) is 14.6 Å². The highest BCUT2D eigenvalue weighted by atomic mass is 16.5. The molecule has 204 valence electrons. The molecule has 0 amide bonds. The van der Waals surface area contributed by atoms with Gasteiger partial charge in [0.25, 0.3) is 5.56 Å². The molecule has 0 aliphatic rings. The molecule has 2 aromatic heterocycles. The summed E-state index contributed by atoms with van der Waals surface area (Å²) in [7, 11) is 1.51. The second-order valence-electron chi connectivity index (χ2n) is 9.04. The van der Waals surface area contributed by atoms with Crippen molar-refractivity contribution in [3.8, 4) is 17.4 Å². The third kappa shape index (κ3) is 7.77. The van der Waals surface area contributed by atoms with Gasteiger partial charge in [-0.2, -0.15) is 0 Å². The number of aromatic nitrogens is 2. The fraction of sp³-hybridized carbons (Fsp3) is 0.188. The van der Waals surface area contributed by atoms with Crippen molar-refractivity contribution in [1.29, 1.82) is 0 Å². The molecule has 0 radical (unpaired) electrons. The normalized spacial score (nSPS) is 10.5. The Hall–Kier alpha value is -4.98. The van der Waals surface area contributed by atoms with Crippen LogP contribution in [0.1, 0.15) is 44.7 Å². The monoisotopic (exact) mass is 538 g/mol. The molecule has 8 heteroatoms. The predicted octanol–water partition coefficient (Wildman–Crippen LogP) is 5.44. The molecule has 2 aromatic carbocycles. The van der Waals surface area contributed by atoms with Crippen molar-refractivity contribution in [2.75, 3.05) is 7.11 Å². The molecule has 40 heavy (non-hydrogen) atoms. The van der Waals surface area contributed by atoms with Crippen LogP contribution in [0.5, 0.6) is 17.4 Å². The number of pyridine rings is 2. The van der Waals surface area contributed by atoms with Gasteiger partial charge in [0.2, 0.25) is 5.88 Å². The molecule has 8 nitrogen and oxygen atoms in total. The summed E-state index contributed by atoms with van der Waals surface area (Å²) in [5.74, 6) is 0.286. The maximum atomic E-state index is 12.6. The Bertz CT molecular complexity index is 1510. The topological polar surface area (TPSA) is 96.7 Å². The summed E-state index contributed by atoms with van der Waals surface area (Å²) < 4.78 is 17.4. The summed E-state index contributed by atoms with van der Waals surface area (Å²) in [5, 5.41) is 0. The Morgan fingerprint density at radius 3 is 1.93 bits per heavy atom. The average molecular weight is 539 g/mol. The van der Waals surface area contributed by atoms with Crippen LogP contribution in [-0.4, -0.2) is 28.6 Å². The number of hydrogen-bond acceptors (Lipinski definition) is 7. The van der Waals surface area contributed by atoms with E-state index in [4.69, 9.17) is 14.2 Å². The van der Waals surface area contributed by atoms with E-state index in [1.807, 2.05) is 24.3 Å². The summed E-state index contributed by atoms with van der Waals surface area (Å²) in [6, 6.07) is 20.7. The van der Waals surface area contributed by atoms with Crippen LogP contribution in [-0.2, 0) is 19.4 Å². The van der Waals surface area contributed by atoms with Gasteiger partial charge in [0.15, 0.2) is 0 Å². The van der Waals surface area contributed by atoms with E-state index in [0.717, 1.165) is 36.8 Å². The zero-order valence-electron chi connectivity index (χ0n) is 22.2. The molecular weight excluding hydrogens is 508 g/mol. The number of carbonyl (C=O) groups is 2. The number of nitrogens with zero attached hydrogens (tertiary/aromatic N) is 2. The largest absolute Gasteiger partial charge is 0.481 e. The van der Waals surface area contributed by atoms with Crippen LogP contribution in [0.15, 0.2) is 103 Å². The van der Waals surface area contributed by atoms with E-state index >= 15 is 0 Å². The first-order chi connectivity index (χ1) is 19.4. The third-order valence-corrected chi connectivity index (χ3v) is 6.18. The van der Waals surface area contributed by atoms with Crippen molar-refractivity contribution in [2.45, 2.75) is 32.2 Å². The van der Waals surface area contributed by atoms with Crippen LogP contribution in [0.4, 0.5) is 0 Å². The van der Waals surface area contributed by atoms with Crippen molar-refractivity contribution in [3.63, 3.8) is 0 Å². The predicted molar refractivity (Wildman–Crippen MR) is 151 cm³/mol. The van der Waals surface area contributed by atoms with Gasteiger partial charge in [-0.15, -0.1) is 6.58 Å². The summed E-state index contributed by atoms with van der Waals surface area (Å²) in [6.07, 6.45) is 7.86. The number of allylic oxidation sites excluding steroid dienone is 1. The average Bonchev–Trinajstić information content (AvgIpc) is 2.98. The maximum absolute atomic E-state index is 12.6. The van der Waals surface area contributed by atoms with E-state index in [0.29, 0.717) is 35.1 Å². The molecule has 0 saturated heterocycles. The molecule has 0 aliphatic carbocycles. The number of esters is 2. The van der Waals surface area contributed by atoms with Gasteiger partial charge in [0, 0.05) is 31.1 Å². The van der Waals surface area contributed by atoms with Crippen LogP contribution in [0.25, 0.3) is 0 Å². The summed E-state index contributed by atoms with van der Waals surface area (Å²) in [5.41, 5.74) is 2.66. The minimum Gasteiger partial charge on any atom is -0.481 e. The molecule has 0 spiro atoms. The quantitative estimate of drug-likeness (QED) is 0.103. The van der Waals surface area contributed by atoms with Crippen molar-refractivity contribution < 1.29 is 23.8 Å². The molecule has 0 atom stereocenters. The Kier molecular flexibility index (Phi) is 9.61. The summed E-state index contributed by atoms with van der Waals surface area (Å²) >= 11 is 0. The lowest BCUT2D eigenvalue weighted by Crippen LogP contribution is -2.21. The number of unbranched alkanes of at least 4 members (excludes halogenated alkanes) is 1. The highest BCUT2D eigenvalue weighted by Crippen LogP contribution is 2.18. The lowest BCUT2D eigenvalue weighted by molar-refractivity contribution is 0.0724. The Morgan fingerprint density at radius 2 is 1.40 bits per heavy atom. The number of rotatable bonds is 12. The van der Waals surface area contributed by atoms with Gasteiger partial charge in [-0.1, -0.05) is 30.3 Å². The number of methoxy groups -OCH3 is 1. The zero-order chi connectivity index (χ0) is 28.3. The van der Waals surface area contributed by atoms with Crippen molar-refractivity contribution in [1.82, 2.24) is 9.55 Å². The molecule has 4 aromatic rings. The van der Waals surface area contributed by atoms with E-state index in [-0.39, 0.29) is 5.56 Å². The maximum Gasteiger partial charge on any atom is 0.345 e. The summed E-state index contributed by atoms with van der Waals surface area (Å²) in [4.78, 5) is 41.0. The molecule has 4 rings (SSSR count). The molecule has 0 unspecified atom stereocenters. The molecule has 0 saturated carbocycles. The zero-order valence-corrected chi connectivity index (χ0v) is 22.2. The highest BCUT2D eigenvalue weighted by Gasteiger charge is 2.12. The fourth-order valence-electron chi connectivity index (χ4n) is 3.92. The molecule has 0 bridgehead atoms. The van der Waals surface area contributed by atoms with E-state index < -0.39 is 11.9 Å². The second-order valence-corrected chi connectivity index (χ2v) is 9.04. The molecule has 2 heterocycles. The van der Waals surface area contributed by atoms with Crippen LogP contribution >= 0.6 is 0 Å². The van der Waals surface area contributed by atoms with Crippen molar-refractivity contribution >= 4 is 11.9 Å². The van der Waals surface area contributed by atoms with Crippen LogP contribution in [0.2, 0.25) is 0 Å². The number of carbonyl (C=O) groups excluding carboxylic acids is 2. The van der Waals surface area contributed by atoms with Crippen molar-refractivity contribution in [2.24, 2.45) is 0 Å². The van der Waals surface area contributed by atoms with E-state index in [2.05, 4.69) is 11.6 Å². The number of ether oxygens (including phenoxy) is 3. The Balaban J connectivity index is 1.27. The second kappa shape index (κ2) is 13.7. The first kappa shape index (κ1) is 28.0. The van der Waals surface area contributed by atoms with Gasteiger partial charge >= 0.3 is 11.9 Å².